The average Bonchev–Trinajstić information content (AvgIpc) is 2.90. The number of anilines is 1. The van der Waals surface area contributed by atoms with Crippen molar-refractivity contribution in [3.63, 3.8) is 0 Å². The van der Waals surface area contributed by atoms with E-state index in [1.54, 1.807) is 0 Å². The van der Waals surface area contributed by atoms with Gasteiger partial charge in [0.25, 0.3) is 5.91 Å². The first kappa shape index (κ1) is 20.6. The molecule has 2 N–H and O–H groups in total. The van der Waals surface area contributed by atoms with Crippen LogP contribution in [0.3, 0.4) is 0 Å². The average molecular weight is 427 g/mol. The van der Waals surface area contributed by atoms with Gasteiger partial charge in [0.15, 0.2) is 5.75 Å². The van der Waals surface area contributed by atoms with Crippen molar-refractivity contribution in [2.75, 3.05) is 11.6 Å². The van der Waals surface area contributed by atoms with Gasteiger partial charge in [-0.2, -0.15) is 21.6 Å². The summed E-state index contributed by atoms with van der Waals surface area (Å²) in [6.07, 6.45) is -4.98. The maximum Gasteiger partial charge on any atom is 0.417 e. The summed E-state index contributed by atoms with van der Waals surface area (Å²) in [5.41, 5.74) is -2.08. The van der Waals surface area contributed by atoms with E-state index in [1.165, 1.54) is 0 Å². The minimum atomic E-state index is -4.77. The van der Waals surface area contributed by atoms with E-state index >= 15 is 0 Å². The molecule has 2 aromatic rings. The number of rotatable bonds is 4. The normalized spacial score (nSPS) is 11.9. The van der Waals surface area contributed by atoms with Crippen molar-refractivity contribution in [1.29, 1.82) is 0 Å². The Morgan fingerprint density at radius 1 is 1.26 bits per heavy atom. The van der Waals surface area contributed by atoms with Crippen molar-refractivity contribution in [2.24, 2.45) is 0 Å². The third-order valence-corrected chi connectivity index (χ3v) is 3.84. The summed E-state index contributed by atoms with van der Waals surface area (Å²) < 4.78 is 65.7. The Bertz CT molecular complexity index is 1020. The quantitative estimate of drug-likeness (QED) is 0.725. The number of nitrogens with one attached hydrogen (secondary N) is 1. The molecule has 0 atom stereocenters. The van der Waals surface area contributed by atoms with Crippen LogP contribution in [-0.2, 0) is 16.3 Å². The minimum absolute atomic E-state index is 0.305. The van der Waals surface area contributed by atoms with Crippen LogP contribution in [0.4, 0.5) is 23.7 Å². The molecule has 0 aliphatic heterocycles. The second-order valence-corrected chi connectivity index (χ2v) is 7.13. The molecule has 0 saturated carbocycles. The molecule has 0 fully saturated rings. The van der Waals surface area contributed by atoms with Crippen LogP contribution < -0.4 is 9.50 Å². The first-order chi connectivity index (χ1) is 12.3. The number of amides is 1. The number of carbonyl (C=O) groups excluding carboxylic acids is 1. The molecule has 1 heterocycles. The number of carboxylic acid groups (broad SMARTS) is 1. The predicted molar refractivity (Wildman–Crippen MR) is 87.7 cm³/mol. The molecule has 0 saturated heterocycles. The fraction of sp³-hybridized carbons (Fsp3) is 0.143. The Morgan fingerprint density at radius 2 is 1.89 bits per heavy atom. The van der Waals surface area contributed by atoms with Gasteiger partial charge in [0.1, 0.15) is 5.69 Å². The number of alkyl halides is 3. The lowest BCUT2D eigenvalue weighted by atomic mass is 10.2. The second kappa shape index (κ2) is 7.12. The van der Waals surface area contributed by atoms with Crippen molar-refractivity contribution in [3.8, 4) is 5.75 Å². The standard InChI is InChI=1S/C14H10ClF3N2O6S/c1-27(24,25)26-8-5-11(20(6-8)13(22)23)12(21)19-7-2-3-10(15)9(4-7)14(16,17)18/h2-6H,1H3,(H,19,21)(H,22,23). The van der Waals surface area contributed by atoms with Gasteiger partial charge >= 0.3 is 22.4 Å². The Labute approximate surface area is 155 Å². The fourth-order valence-electron chi connectivity index (χ4n) is 2.01. The molecule has 1 aromatic heterocycles. The SMILES string of the molecule is CS(=O)(=O)Oc1cc(C(=O)Nc2ccc(Cl)c(C(F)(F)F)c2)n(C(=O)O)c1. The van der Waals surface area contributed by atoms with Crippen LogP contribution in [-0.4, -0.2) is 36.3 Å². The van der Waals surface area contributed by atoms with Gasteiger partial charge in [-0.15, -0.1) is 0 Å². The highest BCUT2D eigenvalue weighted by Crippen LogP contribution is 2.36. The molecule has 0 aliphatic carbocycles. The lowest BCUT2D eigenvalue weighted by Gasteiger charge is -2.12. The predicted octanol–water partition coefficient (Wildman–Crippen LogP) is 3.28. The van der Waals surface area contributed by atoms with Crippen molar-refractivity contribution in [2.45, 2.75) is 6.18 Å². The molecule has 0 spiro atoms. The summed E-state index contributed by atoms with van der Waals surface area (Å²) in [6.45, 7) is 0. The van der Waals surface area contributed by atoms with Crippen molar-refractivity contribution in [3.05, 3.63) is 46.7 Å². The summed E-state index contributed by atoms with van der Waals surface area (Å²) >= 11 is 5.48. The number of benzene rings is 1. The smallest absolute Gasteiger partial charge is 0.417 e. The van der Waals surface area contributed by atoms with E-state index in [-0.39, 0.29) is 5.69 Å². The Hall–Kier alpha value is -2.73. The molecule has 2 rings (SSSR count). The maximum absolute atomic E-state index is 12.9. The van der Waals surface area contributed by atoms with Crippen molar-refractivity contribution < 1.29 is 40.5 Å². The number of carbonyl (C=O) groups is 2. The molecule has 1 aromatic carbocycles. The van der Waals surface area contributed by atoms with Gasteiger partial charge in [0, 0.05) is 11.8 Å². The lowest BCUT2D eigenvalue weighted by molar-refractivity contribution is -0.137. The topological polar surface area (TPSA) is 115 Å². The number of nitrogens with zero attached hydrogens (tertiary/aromatic N) is 1. The fourth-order valence-corrected chi connectivity index (χ4v) is 2.67. The highest BCUT2D eigenvalue weighted by molar-refractivity contribution is 7.86. The number of halogens is 4. The van der Waals surface area contributed by atoms with E-state index in [2.05, 4.69) is 9.50 Å². The van der Waals surface area contributed by atoms with Crippen LogP contribution in [0.1, 0.15) is 16.1 Å². The number of hydrogen-bond acceptors (Lipinski definition) is 5. The Morgan fingerprint density at radius 3 is 2.41 bits per heavy atom. The first-order valence-electron chi connectivity index (χ1n) is 6.81. The molecule has 0 radical (unpaired) electrons. The van der Waals surface area contributed by atoms with E-state index < -0.39 is 50.3 Å². The van der Waals surface area contributed by atoms with Gasteiger partial charge in [-0.1, -0.05) is 11.6 Å². The third kappa shape index (κ3) is 5.14. The molecule has 27 heavy (non-hydrogen) atoms. The van der Waals surface area contributed by atoms with Gasteiger partial charge in [0.2, 0.25) is 0 Å². The largest absolute Gasteiger partial charge is 0.464 e. The summed E-state index contributed by atoms with van der Waals surface area (Å²) in [5.74, 6) is -1.58. The molecular weight excluding hydrogens is 417 g/mol. The second-order valence-electron chi connectivity index (χ2n) is 5.15. The van der Waals surface area contributed by atoms with Crippen molar-refractivity contribution >= 4 is 39.4 Å². The monoisotopic (exact) mass is 426 g/mol. The summed E-state index contributed by atoms with van der Waals surface area (Å²) in [5, 5.41) is 10.6. The van der Waals surface area contributed by atoms with E-state index in [0.29, 0.717) is 16.9 Å². The van der Waals surface area contributed by atoms with Crippen LogP contribution >= 0.6 is 11.6 Å². The zero-order valence-electron chi connectivity index (χ0n) is 13.2. The zero-order chi connectivity index (χ0) is 20.6. The molecule has 8 nitrogen and oxygen atoms in total. The highest BCUT2D eigenvalue weighted by Gasteiger charge is 2.33. The van der Waals surface area contributed by atoms with E-state index in [9.17, 15) is 31.2 Å². The van der Waals surface area contributed by atoms with Gasteiger partial charge in [-0.25, -0.2) is 9.36 Å². The van der Waals surface area contributed by atoms with E-state index in [0.717, 1.165) is 24.4 Å². The lowest BCUT2D eigenvalue weighted by Crippen LogP contribution is -2.20. The first-order valence-corrected chi connectivity index (χ1v) is 9.00. The van der Waals surface area contributed by atoms with Crippen LogP contribution in [0.5, 0.6) is 5.75 Å². The van der Waals surface area contributed by atoms with Gasteiger partial charge < -0.3 is 14.6 Å². The molecule has 146 valence electrons. The molecule has 0 unspecified atom stereocenters. The molecule has 0 aliphatic rings. The third-order valence-electron chi connectivity index (χ3n) is 3.01. The van der Waals surface area contributed by atoms with E-state index in [4.69, 9.17) is 16.7 Å². The van der Waals surface area contributed by atoms with Crippen LogP contribution in [0.15, 0.2) is 30.5 Å². The summed E-state index contributed by atoms with van der Waals surface area (Å²) in [6, 6.07) is 3.37. The minimum Gasteiger partial charge on any atom is -0.464 e. The molecule has 1 amide bonds. The van der Waals surface area contributed by atoms with E-state index in [1.807, 2.05) is 0 Å². The number of aromatic nitrogens is 1. The maximum atomic E-state index is 12.9. The van der Waals surface area contributed by atoms with Gasteiger partial charge in [-0.3, -0.25) is 4.79 Å². The van der Waals surface area contributed by atoms with Crippen LogP contribution in [0, 0.1) is 0 Å². The Balaban J connectivity index is 2.37. The van der Waals surface area contributed by atoms with Gasteiger partial charge in [0.05, 0.1) is 23.0 Å². The number of hydrogen-bond donors (Lipinski definition) is 2. The summed E-state index contributed by atoms with van der Waals surface area (Å²) in [7, 11) is -4.00. The summed E-state index contributed by atoms with van der Waals surface area (Å²) in [4.78, 5) is 23.4. The van der Waals surface area contributed by atoms with Crippen molar-refractivity contribution in [1.82, 2.24) is 4.57 Å². The zero-order valence-corrected chi connectivity index (χ0v) is 14.8. The molecular formula is C14H10ClF3N2O6S. The molecule has 0 bridgehead atoms. The van der Waals surface area contributed by atoms with Crippen LogP contribution in [0.2, 0.25) is 5.02 Å². The van der Waals surface area contributed by atoms with Gasteiger partial charge in [-0.05, 0) is 18.2 Å². The van der Waals surface area contributed by atoms with Crippen LogP contribution in [0.25, 0.3) is 0 Å². The highest BCUT2D eigenvalue weighted by atomic mass is 35.5. The Kier molecular flexibility index (Phi) is 5.42. The molecule has 13 heteroatoms.